The first-order chi connectivity index (χ1) is 11.8. The molecule has 25 heavy (non-hydrogen) atoms. The van der Waals surface area contributed by atoms with Gasteiger partial charge in [-0.05, 0) is 42.7 Å². The molecule has 0 aliphatic carbocycles. The molecule has 6 nitrogen and oxygen atoms in total. The number of halogens is 1. The Balaban J connectivity index is 0.00000225. The maximum absolute atomic E-state index is 4.50. The molecule has 3 heterocycles. The predicted molar refractivity (Wildman–Crippen MR) is 114 cm³/mol. The van der Waals surface area contributed by atoms with E-state index in [1.54, 1.807) is 7.05 Å². The van der Waals surface area contributed by atoms with Crippen LogP contribution in [0.5, 0.6) is 0 Å². The molecule has 1 fully saturated rings. The summed E-state index contributed by atoms with van der Waals surface area (Å²) in [5.74, 6) is 1.91. The first-order valence-corrected chi connectivity index (χ1v) is 8.60. The van der Waals surface area contributed by atoms with Gasteiger partial charge in [0, 0.05) is 58.4 Å². The SMILES string of the molecule is CN=C(NCCn1cccc1)NCc1ccnc(N2CCCC2)c1.I. The molecule has 1 aliphatic rings. The monoisotopic (exact) mass is 454 g/mol. The van der Waals surface area contributed by atoms with Crippen LogP contribution in [0.15, 0.2) is 47.8 Å². The fraction of sp³-hybridized carbons (Fsp3) is 0.444. The molecule has 0 spiro atoms. The Morgan fingerprint density at radius 3 is 2.68 bits per heavy atom. The first kappa shape index (κ1) is 19.6. The lowest BCUT2D eigenvalue weighted by Gasteiger charge is -2.17. The number of pyridine rings is 1. The van der Waals surface area contributed by atoms with E-state index in [-0.39, 0.29) is 24.0 Å². The molecule has 2 aromatic heterocycles. The molecule has 0 aromatic carbocycles. The van der Waals surface area contributed by atoms with Crippen molar-refractivity contribution in [3.63, 3.8) is 0 Å². The maximum Gasteiger partial charge on any atom is 0.191 e. The lowest BCUT2D eigenvalue weighted by Crippen LogP contribution is -2.38. The molecule has 3 rings (SSSR count). The molecular weight excluding hydrogens is 427 g/mol. The third kappa shape index (κ3) is 5.91. The standard InChI is InChI=1S/C18H26N6.HI/c1-19-18(21-8-13-23-9-2-3-10-23)22-15-16-6-7-20-17(14-16)24-11-4-5-12-24;/h2-3,6-7,9-10,14H,4-5,8,11-13,15H2,1H3,(H2,19,21,22);1H. The molecule has 2 N–H and O–H groups in total. The summed E-state index contributed by atoms with van der Waals surface area (Å²) in [6.07, 6.45) is 8.56. The summed E-state index contributed by atoms with van der Waals surface area (Å²) >= 11 is 0. The number of hydrogen-bond donors (Lipinski definition) is 2. The van der Waals surface area contributed by atoms with E-state index in [0.29, 0.717) is 0 Å². The summed E-state index contributed by atoms with van der Waals surface area (Å²) in [5.41, 5.74) is 1.22. The van der Waals surface area contributed by atoms with E-state index >= 15 is 0 Å². The van der Waals surface area contributed by atoms with Crippen molar-refractivity contribution in [1.29, 1.82) is 0 Å². The average Bonchev–Trinajstić information content (AvgIpc) is 3.31. The van der Waals surface area contributed by atoms with Gasteiger partial charge >= 0.3 is 0 Å². The van der Waals surface area contributed by atoms with Gasteiger partial charge < -0.3 is 20.1 Å². The van der Waals surface area contributed by atoms with Crippen LogP contribution < -0.4 is 15.5 Å². The molecule has 0 unspecified atom stereocenters. The summed E-state index contributed by atoms with van der Waals surface area (Å²) in [6.45, 7) is 4.73. The second-order valence-corrected chi connectivity index (χ2v) is 5.99. The van der Waals surface area contributed by atoms with E-state index in [9.17, 15) is 0 Å². The molecule has 0 radical (unpaired) electrons. The fourth-order valence-corrected chi connectivity index (χ4v) is 2.92. The average molecular weight is 454 g/mol. The van der Waals surface area contributed by atoms with Crippen LogP contribution in [-0.2, 0) is 13.1 Å². The van der Waals surface area contributed by atoms with E-state index < -0.39 is 0 Å². The van der Waals surface area contributed by atoms with E-state index in [1.807, 2.05) is 18.3 Å². The number of nitrogens with one attached hydrogen (secondary N) is 2. The molecular formula is C18H27IN6. The van der Waals surface area contributed by atoms with Gasteiger partial charge in [-0.2, -0.15) is 0 Å². The number of guanidine groups is 1. The number of anilines is 1. The van der Waals surface area contributed by atoms with Gasteiger partial charge in [0.25, 0.3) is 0 Å². The normalized spacial score (nSPS) is 14.3. The molecule has 0 bridgehead atoms. The van der Waals surface area contributed by atoms with E-state index in [2.05, 4.69) is 54.6 Å². The quantitative estimate of drug-likeness (QED) is 0.400. The van der Waals surface area contributed by atoms with Crippen LogP contribution in [0.25, 0.3) is 0 Å². The third-order valence-corrected chi connectivity index (χ3v) is 4.25. The zero-order valence-corrected chi connectivity index (χ0v) is 17.0. The number of nitrogens with zero attached hydrogens (tertiary/aromatic N) is 4. The van der Waals surface area contributed by atoms with Crippen molar-refractivity contribution in [2.75, 3.05) is 31.6 Å². The molecule has 136 valence electrons. The van der Waals surface area contributed by atoms with Crippen LogP contribution in [0.1, 0.15) is 18.4 Å². The third-order valence-electron chi connectivity index (χ3n) is 4.25. The van der Waals surface area contributed by atoms with Gasteiger partial charge in [0.05, 0.1) is 0 Å². The van der Waals surface area contributed by atoms with Crippen molar-refractivity contribution in [3.8, 4) is 0 Å². The van der Waals surface area contributed by atoms with Crippen LogP contribution >= 0.6 is 24.0 Å². The highest BCUT2D eigenvalue weighted by Crippen LogP contribution is 2.18. The number of aliphatic imine (C=N–C) groups is 1. The Morgan fingerprint density at radius 1 is 1.20 bits per heavy atom. The highest BCUT2D eigenvalue weighted by Gasteiger charge is 2.13. The number of rotatable bonds is 6. The Morgan fingerprint density at radius 2 is 1.96 bits per heavy atom. The van der Waals surface area contributed by atoms with Crippen LogP contribution in [0.4, 0.5) is 5.82 Å². The van der Waals surface area contributed by atoms with Gasteiger partial charge in [0.1, 0.15) is 5.82 Å². The zero-order chi connectivity index (χ0) is 16.6. The second kappa shape index (κ2) is 10.3. The largest absolute Gasteiger partial charge is 0.357 e. The summed E-state index contributed by atoms with van der Waals surface area (Å²) in [6, 6.07) is 8.30. The summed E-state index contributed by atoms with van der Waals surface area (Å²) in [5, 5.41) is 6.71. The van der Waals surface area contributed by atoms with Crippen molar-refractivity contribution >= 4 is 35.8 Å². The lowest BCUT2D eigenvalue weighted by molar-refractivity contribution is 0.665. The van der Waals surface area contributed by atoms with Gasteiger partial charge in [0.15, 0.2) is 5.96 Å². The van der Waals surface area contributed by atoms with E-state index in [0.717, 1.165) is 44.5 Å². The highest BCUT2D eigenvalue weighted by atomic mass is 127. The van der Waals surface area contributed by atoms with E-state index in [4.69, 9.17) is 0 Å². The Bertz CT molecular complexity index is 649. The van der Waals surface area contributed by atoms with Crippen molar-refractivity contribution in [2.45, 2.75) is 25.9 Å². The second-order valence-electron chi connectivity index (χ2n) is 5.99. The minimum atomic E-state index is 0. The lowest BCUT2D eigenvalue weighted by atomic mass is 10.2. The minimum absolute atomic E-state index is 0. The van der Waals surface area contributed by atoms with Crippen LogP contribution in [-0.4, -0.2) is 42.2 Å². The van der Waals surface area contributed by atoms with Crippen LogP contribution in [0.3, 0.4) is 0 Å². The Hall–Kier alpha value is -1.77. The fourth-order valence-electron chi connectivity index (χ4n) is 2.92. The van der Waals surface area contributed by atoms with Crippen molar-refractivity contribution in [2.24, 2.45) is 4.99 Å². The molecule has 0 atom stereocenters. The number of hydrogen-bond acceptors (Lipinski definition) is 3. The zero-order valence-electron chi connectivity index (χ0n) is 14.7. The summed E-state index contributed by atoms with van der Waals surface area (Å²) < 4.78 is 2.14. The van der Waals surface area contributed by atoms with Gasteiger partial charge in [-0.25, -0.2) is 4.98 Å². The molecule has 1 saturated heterocycles. The minimum Gasteiger partial charge on any atom is -0.357 e. The molecule has 2 aromatic rings. The molecule has 1 aliphatic heterocycles. The Kier molecular flexibility index (Phi) is 8.03. The van der Waals surface area contributed by atoms with Gasteiger partial charge in [0.2, 0.25) is 0 Å². The van der Waals surface area contributed by atoms with E-state index in [1.165, 1.54) is 18.4 Å². The number of aromatic nitrogens is 2. The van der Waals surface area contributed by atoms with Crippen LogP contribution in [0, 0.1) is 0 Å². The van der Waals surface area contributed by atoms with Gasteiger partial charge in [-0.1, -0.05) is 0 Å². The predicted octanol–water partition coefficient (Wildman–Crippen LogP) is 2.47. The maximum atomic E-state index is 4.50. The van der Waals surface area contributed by atoms with Crippen molar-refractivity contribution < 1.29 is 0 Å². The molecule has 7 heteroatoms. The Labute approximate surface area is 166 Å². The van der Waals surface area contributed by atoms with Crippen molar-refractivity contribution in [3.05, 3.63) is 48.4 Å². The van der Waals surface area contributed by atoms with Gasteiger partial charge in [-0.15, -0.1) is 24.0 Å². The molecule has 0 saturated carbocycles. The van der Waals surface area contributed by atoms with Crippen molar-refractivity contribution in [1.82, 2.24) is 20.2 Å². The van der Waals surface area contributed by atoms with Crippen LogP contribution in [0.2, 0.25) is 0 Å². The summed E-state index contributed by atoms with van der Waals surface area (Å²) in [4.78, 5) is 11.1. The smallest absolute Gasteiger partial charge is 0.191 e. The van der Waals surface area contributed by atoms with Gasteiger partial charge in [-0.3, -0.25) is 4.99 Å². The topological polar surface area (TPSA) is 57.5 Å². The molecule has 0 amide bonds. The first-order valence-electron chi connectivity index (χ1n) is 8.60. The summed E-state index contributed by atoms with van der Waals surface area (Å²) in [7, 11) is 1.80. The highest BCUT2D eigenvalue weighted by molar-refractivity contribution is 14.0.